The van der Waals surface area contributed by atoms with Crippen LogP contribution < -0.4 is 5.32 Å². The van der Waals surface area contributed by atoms with Crippen molar-refractivity contribution in [3.8, 4) is 0 Å². The van der Waals surface area contributed by atoms with E-state index >= 15 is 0 Å². The van der Waals surface area contributed by atoms with Crippen LogP contribution in [-0.4, -0.2) is 11.8 Å². The topological polar surface area (TPSA) is 29.1 Å². The number of nitrogens with one attached hydrogen (secondary N) is 1. The molecule has 0 fully saturated rings. The summed E-state index contributed by atoms with van der Waals surface area (Å²) < 4.78 is 0. The number of hydrogen-bond donors (Lipinski definition) is 1. The number of hydrogen-bond acceptors (Lipinski definition) is 1. The summed E-state index contributed by atoms with van der Waals surface area (Å²) in [5, 5.41) is 3.13. The molecule has 0 bridgehead atoms. The summed E-state index contributed by atoms with van der Waals surface area (Å²) in [5.74, 6) is -0.131. The summed E-state index contributed by atoms with van der Waals surface area (Å²) >= 11 is 5.68. The van der Waals surface area contributed by atoms with Gasteiger partial charge in [-0.1, -0.05) is 54.6 Å². The van der Waals surface area contributed by atoms with Crippen molar-refractivity contribution in [2.24, 2.45) is 0 Å². The zero-order valence-electron chi connectivity index (χ0n) is 11.1. The van der Waals surface area contributed by atoms with Crippen LogP contribution in [0.1, 0.15) is 16.7 Å². The van der Waals surface area contributed by atoms with Gasteiger partial charge in [-0.2, -0.15) is 0 Å². The quantitative estimate of drug-likeness (QED) is 0.863. The first-order valence-corrected chi connectivity index (χ1v) is 7.26. The summed E-state index contributed by atoms with van der Waals surface area (Å²) in [7, 11) is 0. The van der Waals surface area contributed by atoms with Gasteiger partial charge in [0.15, 0.2) is 0 Å². The minimum Gasteiger partial charge on any atom is -0.345 e. The number of amides is 1. The molecule has 1 amide bonds. The van der Waals surface area contributed by atoms with Gasteiger partial charge in [0.05, 0.1) is 5.54 Å². The molecule has 0 aromatic heterocycles. The maximum atomic E-state index is 11.9. The number of alkyl halides is 1. The van der Waals surface area contributed by atoms with Gasteiger partial charge in [0.2, 0.25) is 5.91 Å². The monoisotopic (exact) mass is 285 g/mol. The molecule has 3 rings (SSSR count). The Balaban J connectivity index is 2.01. The van der Waals surface area contributed by atoms with Gasteiger partial charge in [-0.05, 0) is 16.7 Å². The minimum atomic E-state index is -0.364. The molecule has 2 aromatic rings. The fraction of sp³-hybridized carbons (Fsp3) is 0.235. The lowest BCUT2D eigenvalue weighted by Crippen LogP contribution is -2.47. The summed E-state index contributed by atoms with van der Waals surface area (Å²) in [6.07, 6.45) is 1.63. The normalized spacial score (nSPS) is 15.7. The van der Waals surface area contributed by atoms with Crippen molar-refractivity contribution < 1.29 is 4.79 Å². The number of benzene rings is 2. The van der Waals surface area contributed by atoms with Crippen molar-refractivity contribution in [1.82, 2.24) is 5.32 Å². The molecule has 0 aliphatic heterocycles. The predicted octanol–water partition coefficient (Wildman–Crippen LogP) is 3.04. The summed E-state index contributed by atoms with van der Waals surface area (Å²) in [4.78, 5) is 11.9. The molecule has 0 heterocycles. The van der Waals surface area contributed by atoms with Crippen LogP contribution in [0.5, 0.6) is 0 Å². The van der Waals surface area contributed by atoms with E-state index in [2.05, 4.69) is 29.6 Å². The van der Waals surface area contributed by atoms with Crippen LogP contribution in [0.4, 0.5) is 0 Å². The lowest BCUT2D eigenvalue weighted by molar-refractivity contribution is -0.120. The Morgan fingerprint density at radius 3 is 2.10 bits per heavy atom. The van der Waals surface area contributed by atoms with Crippen molar-refractivity contribution in [2.75, 3.05) is 5.88 Å². The van der Waals surface area contributed by atoms with Crippen molar-refractivity contribution in [2.45, 2.75) is 18.4 Å². The van der Waals surface area contributed by atoms with Gasteiger partial charge in [0.1, 0.15) is 5.88 Å². The third-order valence-corrected chi connectivity index (χ3v) is 4.17. The van der Waals surface area contributed by atoms with Crippen LogP contribution in [0.3, 0.4) is 0 Å². The second-order valence-corrected chi connectivity index (χ2v) is 5.52. The fourth-order valence-corrected chi connectivity index (χ4v) is 3.10. The Bertz CT molecular complexity index is 599. The highest BCUT2D eigenvalue weighted by atomic mass is 35.5. The van der Waals surface area contributed by atoms with Gasteiger partial charge in [0, 0.05) is 12.8 Å². The van der Waals surface area contributed by atoms with Crippen molar-refractivity contribution in [1.29, 1.82) is 0 Å². The largest absolute Gasteiger partial charge is 0.345 e. The maximum Gasteiger partial charge on any atom is 0.235 e. The molecule has 1 aliphatic rings. The molecule has 20 heavy (non-hydrogen) atoms. The zero-order chi connectivity index (χ0) is 14.0. The van der Waals surface area contributed by atoms with E-state index in [4.69, 9.17) is 11.6 Å². The second kappa shape index (κ2) is 5.29. The Hall–Kier alpha value is -1.80. The van der Waals surface area contributed by atoms with Crippen molar-refractivity contribution in [3.63, 3.8) is 0 Å². The lowest BCUT2D eigenvalue weighted by Gasteiger charge is -2.31. The van der Waals surface area contributed by atoms with Gasteiger partial charge in [0.25, 0.3) is 0 Å². The van der Waals surface area contributed by atoms with Crippen LogP contribution in [0, 0.1) is 0 Å². The van der Waals surface area contributed by atoms with Crippen LogP contribution in [0.25, 0.3) is 0 Å². The molecule has 0 unspecified atom stereocenters. The molecule has 2 nitrogen and oxygen atoms in total. The Labute approximate surface area is 123 Å². The summed E-state index contributed by atoms with van der Waals surface area (Å²) in [6, 6.07) is 18.5. The molecule has 1 aliphatic carbocycles. The standard InChI is InChI=1S/C17H16ClNO/c18-12-16(20)19-17(15-8-2-1-3-9-15)10-13-6-4-5-7-14(13)11-17/h1-9H,10-12H2,(H,19,20). The number of carbonyl (C=O) groups excluding carboxylic acids is 1. The predicted molar refractivity (Wildman–Crippen MR) is 80.8 cm³/mol. The minimum absolute atomic E-state index is 0.00900. The van der Waals surface area contributed by atoms with Crippen LogP contribution >= 0.6 is 11.6 Å². The highest BCUT2D eigenvalue weighted by Gasteiger charge is 2.39. The Kier molecular flexibility index (Phi) is 3.49. The van der Waals surface area contributed by atoms with Gasteiger partial charge >= 0.3 is 0 Å². The SMILES string of the molecule is O=C(CCl)NC1(c2ccccc2)Cc2ccccc2C1. The summed E-state index contributed by atoms with van der Waals surface area (Å²) in [6.45, 7) is 0. The maximum absolute atomic E-state index is 11.9. The van der Waals surface area contributed by atoms with Gasteiger partial charge < -0.3 is 5.32 Å². The van der Waals surface area contributed by atoms with E-state index in [1.54, 1.807) is 0 Å². The fourth-order valence-electron chi connectivity index (χ4n) is 3.04. The first-order chi connectivity index (χ1) is 9.73. The highest BCUT2D eigenvalue weighted by Crippen LogP contribution is 2.37. The molecule has 0 radical (unpaired) electrons. The molecule has 1 N–H and O–H groups in total. The van der Waals surface area contributed by atoms with Gasteiger partial charge in [-0.3, -0.25) is 4.79 Å². The number of fused-ring (bicyclic) bond motifs is 1. The van der Waals surface area contributed by atoms with Crippen molar-refractivity contribution in [3.05, 3.63) is 71.3 Å². The van der Waals surface area contributed by atoms with E-state index in [0.29, 0.717) is 0 Å². The van der Waals surface area contributed by atoms with E-state index in [1.807, 2.05) is 30.3 Å². The van der Waals surface area contributed by atoms with Crippen LogP contribution in [0.2, 0.25) is 0 Å². The van der Waals surface area contributed by atoms with Crippen LogP contribution in [-0.2, 0) is 23.2 Å². The average Bonchev–Trinajstić information content (AvgIpc) is 2.87. The van der Waals surface area contributed by atoms with E-state index in [1.165, 1.54) is 11.1 Å². The molecular weight excluding hydrogens is 270 g/mol. The molecular formula is C17H16ClNO. The molecule has 2 aromatic carbocycles. The van der Waals surface area contributed by atoms with Crippen LogP contribution in [0.15, 0.2) is 54.6 Å². The molecule has 0 spiro atoms. The second-order valence-electron chi connectivity index (χ2n) is 5.25. The molecule has 0 atom stereocenters. The molecule has 0 saturated heterocycles. The lowest BCUT2D eigenvalue weighted by atomic mass is 9.86. The van der Waals surface area contributed by atoms with E-state index in [-0.39, 0.29) is 17.3 Å². The first kappa shape index (κ1) is 13.2. The Morgan fingerprint density at radius 2 is 1.55 bits per heavy atom. The highest BCUT2D eigenvalue weighted by molar-refractivity contribution is 6.27. The van der Waals surface area contributed by atoms with Crippen molar-refractivity contribution >= 4 is 17.5 Å². The number of halogens is 1. The van der Waals surface area contributed by atoms with Gasteiger partial charge in [-0.25, -0.2) is 0 Å². The Morgan fingerprint density at radius 1 is 1.00 bits per heavy atom. The molecule has 3 heteroatoms. The third-order valence-electron chi connectivity index (χ3n) is 3.93. The summed E-state index contributed by atoms with van der Waals surface area (Å²) in [5.41, 5.74) is 3.36. The average molecular weight is 286 g/mol. The zero-order valence-corrected chi connectivity index (χ0v) is 11.9. The third kappa shape index (κ3) is 2.32. The van der Waals surface area contributed by atoms with E-state index in [0.717, 1.165) is 18.4 Å². The smallest absolute Gasteiger partial charge is 0.235 e. The number of rotatable bonds is 3. The van der Waals surface area contributed by atoms with Gasteiger partial charge in [-0.15, -0.1) is 11.6 Å². The number of carbonyl (C=O) groups is 1. The first-order valence-electron chi connectivity index (χ1n) is 6.73. The molecule has 0 saturated carbocycles. The van der Waals surface area contributed by atoms with E-state index in [9.17, 15) is 4.79 Å². The van der Waals surface area contributed by atoms with E-state index < -0.39 is 0 Å². The molecule has 102 valence electrons.